The van der Waals surface area contributed by atoms with E-state index in [0.29, 0.717) is 12.0 Å². The highest BCUT2D eigenvalue weighted by atomic mass is 16.5. The minimum atomic E-state index is -0.879. The molecule has 0 aliphatic rings. The Balaban J connectivity index is -0.000000265. The first-order chi connectivity index (χ1) is 12.0. The number of carboxylic acid groups (broad SMARTS) is 3. The molecule has 136 valence electrons. The van der Waals surface area contributed by atoms with Crippen LogP contribution in [0.1, 0.15) is 10.4 Å². The fourth-order valence-electron chi connectivity index (χ4n) is 0.966. The van der Waals surface area contributed by atoms with E-state index in [1.54, 1.807) is 30.3 Å². The molecule has 0 aliphatic heterocycles. The van der Waals surface area contributed by atoms with Crippen molar-refractivity contribution in [2.45, 2.75) is 0 Å². The average Bonchev–Trinajstić information content (AvgIpc) is 2.66. The van der Waals surface area contributed by atoms with Crippen molar-refractivity contribution >= 4 is 25.4 Å². The SMILES string of the molecule is COC=O.O=C(O)c1ccccc1.O=CO.O=CO.c1ccccc1. The van der Waals surface area contributed by atoms with Crippen molar-refractivity contribution in [3.8, 4) is 0 Å². The number of carbonyl (C=O) groups excluding carboxylic acids is 1. The third kappa shape index (κ3) is 29.1. The molecule has 0 bridgehead atoms. The fourth-order valence-corrected chi connectivity index (χ4v) is 0.966. The van der Waals surface area contributed by atoms with Crippen molar-refractivity contribution in [2.75, 3.05) is 7.11 Å². The van der Waals surface area contributed by atoms with E-state index in [0.717, 1.165) is 0 Å². The highest BCUT2D eigenvalue weighted by molar-refractivity contribution is 5.87. The first-order valence-corrected chi connectivity index (χ1v) is 6.46. The van der Waals surface area contributed by atoms with Crippen LogP contribution in [0.15, 0.2) is 66.7 Å². The van der Waals surface area contributed by atoms with Gasteiger partial charge in [0.15, 0.2) is 0 Å². The van der Waals surface area contributed by atoms with Crippen LogP contribution in [0, 0.1) is 0 Å². The smallest absolute Gasteiger partial charge is 0.335 e. The molecular weight excluding hydrogens is 332 g/mol. The maximum Gasteiger partial charge on any atom is 0.335 e. The van der Waals surface area contributed by atoms with Crippen molar-refractivity contribution in [1.82, 2.24) is 0 Å². The molecule has 25 heavy (non-hydrogen) atoms. The maximum absolute atomic E-state index is 10.2. The molecule has 0 atom stereocenters. The summed E-state index contributed by atoms with van der Waals surface area (Å²) in [6.45, 7) is -0.125. The Morgan fingerprint density at radius 3 is 1.20 bits per heavy atom. The monoisotopic (exact) mass is 352 g/mol. The Morgan fingerprint density at radius 2 is 1.04 bits per heavy atom. The third-order valence-corrected chi connectivity index (χ3v) is 1.78. The second-order valence-corrected chi connectivity index (χ2v) is 3.37. The summed E-state index contributed by atoms with van der Waals surface area (Å²) in [7, 11) is 1.31. The van der Waals surface area contributed by atoms with Crippen molar-refractivity contribution < 1.29 is 39.2 Å². The molecule has 3 N–H and O–H groups in total. The van der Waals surface area contributed by atoms with Crippen LogP contribution < -0.4 is 0 Å². The molecule has 8 heteroatoms. The van der Waals surface area contributed by atoms with E-state index in [-0.39, 0.29) is 12.9 Å². The van der Waals surface area contributed by atoms with Gasteiger partial charge in [0, 0.05) is 0 Å². The summed E-state index contributed by atoms with van der Waals surface area (Å²) in [4.78, 5) is 35.9. The van der Waals surface area contributed by atoms with Gasteiger partial charge in [0.2, 0.25) is 0 Å². The van der Waals surface area contributed by atoms with Crippen LogP contribution in [0.4, 0.5) is 0 Å². The Bertz CT molecular complexity index is 496. The summed E-state index contributed by atoms with van der Waals surface area (Å²) in [5, 5.41) is 22.2. The summed E-state index contributed by atoms with van der Waals surface area (Å²) in [6.07, 6.45) is 0. The van der Waals surface area contributed by atoms with Gasteiger partial charge >= 0.3 is 5.97 Å². The molecule has 0 saturated heterocycles. The minimum Gasteiger partial charge on any atom is -0.483 e. The van der Waals surface area contributed by atoms with Gasteiger partial charge in [0.1, 0.15) is 0 Å². The highest BCUT2D eigenvalue weighted by Crippen LogP contribution is 1.96. The van der Waals surface area contributed by atoms with E-state index in [4.69, 9.17) is 29.7 Å². The molecule has 0 amide bonds. The predicted octanol–water partition coefficient (Wildman–Crippen LogP) is 2.26. The molecule has 2 rings (SSSR count). The maximum atomic E-state index is 10.2. The first kappa shape index (κ1) is 26.2. The Hall–Kier alpha value is -3.68. The van der Waals surface area contributed by atoms with Crippen LogP contribution in [-0.2, 0) is 19.1 Å². The molecule has 0 unspecified atom stereocenters. The molecule has 2 aromatic carbocycles. The van der Waals surface area contributed by atoms with Crippen LogP contribution >= 0.6 is 0 Å². The molecule has 0 radical (unpaired) electrons. The number of rotatable bonds is 2. The summed E-state index contributed by atoms with van der Waals surface area (Å²) >= 11 is 0. The molecular formula is C17H20O8. The predicted molar refractivity (Wildman–Crippen MR) is 90.3 cm³/mol. The topological polar surface area (TPSA) is 138 Å². The number of carbonyl (C=O) groups is 4. The molecule has 0 saturated carbocycles. The summed E-state index contributed by atoms with van der Waals surface area (Å²) < 4.78 is 3.86. The number of aromatic carboxylic acids is 1. The summed E-state index contributed by atoms with van der Waals surface area (Å²) in [5.41, 5.74) is 0.331. The Morgan fingerprint density at radius 1 is 0.800 bits per heavy atom. The first-order valence-electron chi connectivity index (χ1n) is 6.46. The van der Waals surface area contributed by atoms with Crippen molar-refractivity contribution in [1.29, 1.82) is 0 Å². The Kier molecular flexibility index (Phi) is 26.5. The lowest BCUT2D eigenvalue weighted by Gasteiger charge is -1.88. The minimum absolute atomic E-state index is 0.250. The van der Waals surface area contributed by atoms with E-state index >= 15 is 0 Å². The van der Waals surface area contributed by atoms with Gasteiger partial charge in [-0.15, -0.1) is 0 Å². The molecule has 0 heterocycles. The normalized spacial score (nSPS) is 6.92. The number of ether oxygens (including phenoxy) is 1. The standard InChI is InChI=1S/C7H6O2.C6H6.C2H4O2.2CH2O2/c8-7(9)6-4-2-1-3-5-6;1-2-4-6-5-3-1;1-4-2-3;2*2-1-3/h1-5H,(H,8,9);1-6H;2H,1H3;2*1H,(H,2,3). The molecule has 2 aromatic rings. The summed E-state index contributed by atoms with van der Waals surface area (Å²) in [6, 6.07) is 20.3. The van der Waals surface area contributed by atoms with Gasteiger partial charge in [0.05, 0.1) is 12.7 Å². The lowest BCUT2D eigenvalue weighted by Crippen LogP contribution is -1.93. The third-order valence-electron chi connectivity index (χ3n) is 1.78. The van der Waals surface area contributed by atoms with Crippen molar-refractivity contribution in [3.63, 3.8) is 0 Å². The van der Waals surface area contributed by atoms with E-state index < -0.39 is 5.97 Å². The average molecular weight is 352 g/mol. The van der Waals surface area contributed by atoms with E-state index in [1.807, 2.05) is 36.4 Å². The van der Waals surface area contributed by atoms with Crippen molar-refractivity contribution in [3.05, 3.63) is 72.3 Å². The quantitative estimate of drug-likeness (QED) is 0.700. The number of hydrogen-bond acceptors (Lipinski definition) is 5. The highest BCUT2D eigenvalue weighted by Gasteiger charge is 1.96. The molecule has 8 nitrogen and oxygen atoms in total. The molecule has 0 spiro atoms. The van der Waals surface area contributed by atoms with Crippen molar-refractivity contribution in [2.24, 2.45) is 0 Å². The van der Waals surface area contributed by atoms with E-state index in [9.17, 15) is 4.79 Å². The van der Waals surface area contributed by atoms with Gasteiger partial charge in [-0.3, -0.25) is 14.4 Å². The summed E-state index contributed by atoms with van der Waals surface area (Å²) in [5.74, 6) is -0.879. The van der Waals surface area contributed by atoms with Crippen LogP contribution in [0.5, 0.6) is 0 Å². The van der Waals surface area contributed by atoms with E-state index in [2.05, 4.69) is 4.74 Å². The Labute approximate surface area is 144 Å². The molecule has 0 fully saturated rings. The zero-order chi connectivity index (χ0) is 19.8. The second kappa shape index (κ2) is 25.3. The number of hydrogen-bond donors (Lipinski definition) is 3. The van der Waals surface area contributed by atoms with Crippen LogP contribution in [0.2, 0.25) is 0 Å². The zero-order valence-corrected chi connectivity index (χ0v) is 13.5. The van der Waals surface area contributed by atoms with Gasteiger partial charge in [-0.05, 0) is 12.1 Å². The van der Waals surface area contributed by atoms with Crippen LogP contribution in [-0.4, -0.2) is 47.8 Å². The van der Waals surface area contributed by atoms with Gasteiger partial charge in [-0.25, -0.2) is 4.79 Å². The van der Waals surface area contributed by atoms with Gasteiger partial charge in [-0.2, -0.15) is 0 Å². The number of methoxy groups -OCH3 is 1. The lowest BCUT2D eigenvalue weighted by atomic mass is 10.2. The molecule has 0 aromatic heterocycles. The largest absolute Gasteiger partial charge is 0.483 e. The second-order valence-electron chi connectivity index (χ2n) is 3.37. The van der Waals surface area contributed by atoms with E-state index in [1.165, 1.54) is 7.11 Å². The zero-order valence-electron chi connectivity index (χ0n) is 13.5. The van der Waals surface area contributed by atoms with Crippen LogP contribution in [0.25, 0.3) is 0 Å². The fraction of sp³-hybridized carbons (Fsp3) is 0.0588. The van der Waals surface area contributed by atoms with Crippen LogP contribution in [0.3, 0.4) is 0 Å². The van der Waals surface area contributed by atoms with Gasteiger partial charge in [-0.1, -0.05) is 54.6 Å². The molecule has 0 aliphatic carbocycles. The number of benzene rings is 2. The van der Waals surface area contributed by atoms with Gasteiger partial charge < -0.3 is 20.1 Å². The van der Waals surface area contributed by atoms with Gasteiger partial charge in [0.25, 0.3) is 19.4 Å². The number of carboxylic acids is 1. The lowest BCUT2D eigenvalue weighted by molar-refractivity contribution is -0.126.